The first kappa shape index (κ1) is 15.3. The summed E-state index contributed by atoms with van der Waals surface area (Å²) in [6.07, 6.45) is 7.85. The van der Waals surface area contributed by atoms with E-state index in [1.807, 2.05) is 0 Å². The standard InChI is InChI=1S/C23H26O2/c1-24-19-7-9-21-15(13-19)11-17-5-3-4-6-18-12-16-14-20(25-2)8-10-22(16)23(17,18)21/h7-10,13-14,17-18H,3-6,11-12H2,1-2H3/t17-,18-,23?/m0/s1. The van der Waals surface area contributed by atoms with Crippen LogP contribution in [-0.4, -0.2) is 14.2 Å². The van der Waals surface area contributed by atoms with Crippen LogP contribution < -0.4 is 9.47 Å². The predicted molar refractivity (Wildman–Crippen MR) is 99.6 cm³/mol. The van der Waals surface area contributed by atoms with Crippen molar-refractivity contribution in [3.8, 4) is 11.5 Å². The zero-order valence-electron chi connectivity index (χ0n) is 15.2. The lowest BCUT2D eigenvalue weighted by molar-refractivity contribution is 0.257. The monoisotopic (exact) mass is 334 g/mol. The number of fused-ring (bicyclic) bond motifs is 2. The number of ether oxygens (including phenoxy) is 2. The Balaban J connectivity index is 1.75. The van der Waals surface area contributed by atoms with Crippen LogP contribution in [0.2, 0.25) is 0 Å². The highest BCUT2D eigenvalue weighted by Gasteiger charge is 2.56. The van der Waals surface area contributed by atoms with Crippen LogP contribution in [-0.2, 0) is 18.3 Å². The van der Waals surface area contributed by atoms with E-state index in [-0.39, 0.29) is 5.41 Å². The molecule has 1 spiro atoms. The predicted octanol–water partition coefficient (Wildman–Crippen LogP) is 4.91. The summed E-state index contributed by atoms with van der Waals surface area (Å²) in [5.41, 5.74) is 6.41. The van der Waals surface area contributed by atoms with Crippen molar-refractivity contribution in [2.75, 3.05) is 14.2 Å². The summed E-state index contributed by atoms with van der Waals surface area (Å²) in [6.45, 7) is 0. The minimum absolute atomic E-state index is 0.222. The van der Waals surface area contributed by atoms with Gasteiger partial charge in [-0.3, -0.25) is 0 Å². The van der Waals surface area contributed by atoms with Crippen molar-refractivity contribution in [1.82, 2.24) is 0 Å². The number of hydrogen-bond acceptors (Lipinski definition) is 2. The Morgan fingerprint density at radius 3 is 1.68 bits per heavy atom. The van der Waals surface area contributed by atoms with E-state index in [9.17, 15) is 0 Å². The third-order valence-corrected chi connectivity index (χ3v) is 7.09. The molecule has 0 aromatic heterocycles. The number of rotatable bonds is 2. The maximum Gasteiger partial charge on any atom is 0.119 e. The van der Waals surface area contributed by atoms with Gasteiger partial charge < -0.3 is 9.47 Å². The van der Waals surface area contributed by atoms with E-state index in [0.717, 1.165) is 23.3 Å². The lowest BCUT2D eigenvalue weighted by atomic mass is 9.64. The molecule has 2 nitrogen and oxygen atoms in total. The molecular formula is C23H26O2. The second-order valence-electron chi connectivity index (χ2n) is 8.00. The molecule has 0 N–H and O–H groups in total. The van der Waals surface area contributed by atoms with Crippen LogP contribution in [0.5, 0.6) is 11.5 Å². The lowest BCUT2D eigenvalue weighted by Crippen LogP contribution is -2.36. The van der Waals surface area contributed by atoms with Crippen molar-refractivity contribution in [2.24, 2.45) is 11.8 Å². The largest absolute Gasteiger partial charge is 0.497 e. The van der Waals surface area contributed by atoms with Gasteiger partial charge in [-0.25, -0.2) is 0 Å². The average molecular weight is 334 g/mol. The fourth-order valence-corrected chi connectivity index (χ4v) is 6.19. The molecule has 0 unspecified atom stereocenters. The van der Waals surface area contributed by atoms with Crippen LogP contribution >= 0.6 is 0 Å². The molecule has 0 bridgehead atoms. The maximum absolute atomic E-state index is 5.51. The van der Waals surface area contributed by atoms with E-state index >= 15 is 0 Å². The molecular weight excluding hydrogens is 308 g/mol. The molecule has 130 valence electrons. The van der Waals surface area contributed by atoms with Gasteiger partial charge in [0.2, 0.25) is 0 Å². The van der Waals surface area contributed by atoms with Gasteiger partial charge in [-0.05, 0) is 84.0 Å². The molecule has 0 amide bonds. The van der Waals surface area contributed by atoms with Gasteiger partial charge in [0.1, 0.15) is 11.5 Å². The molecule has 3 aliphatic rings. The summed E-state index contributed by atoms with van der Waals surface area (Å²) in [5.74, 6) is 3.46. The Morgan fingerprint density at radius 1 is 0.760 bits per heavy atom. The Labute approximate surface area is 150 Å². The van der Waals surface area contributed by atoms with E-state index in [1.54, 1.807) is 25.3 Å². The van der Waals surface area contributed by atoms with E-state index < -0.39 is 0 Å². The van der Waals surface area contributed by atoms with Gasteiger partial charge >= 0.3 is 0 Å². The SMILES string of the molecule is COc1ccc2c(c1)C[C@@H]1CCCC[C@H]3Cc4cc(OC)ccc4C213. The summed E-state index contributed by atoms with van der Waals surface area (Å²) >= 11 is 0. The second-order valence-corrected chi connectivity index (χ2v) is 8.00. The molecule has 5 rings (SSSR count). The molecule has 25 heavy (non-hydrogen) atoms. The topological polar surface area (TPSA) is 18.5 Å². The van der Waals surface area contributed by atoms with Crippen molar-refractivity contribution >= 4 is 0 Å². The van der Waals surface area contributed by atoms with E-state index in [1.165, 1.54) is 49.7 Å². The van der Waals surface area contributed by atoms with Crippen LogP contribution in [0.15, 0.2) is 36.4 Å². The molecule has 0 radical (unpaired) electrons. The van der Waals surface area contributed by atoms with E-state index in [4.69, 9.17) is 9.47 Å². The zero-order valence-corrected chi connectivity index (χ0v) is 15.2. The van der Waals surface area contributed by atoms with Crippen molar-refractivity contribution < 1.29 is 9.47 Å². The first-order chi connectivity index (χ1) is 12.3. The molecule has 2 aromatic rings. The highest BCUT2D eigenvalue weighted by molar-refractivity contribution is 5.58. The Morgan fingerprint density at radius 2 is 1.24 bits per heavy atom. The van der Waals surface area contributed by atoms with Gasteiger partial charge in [0, 0.05) is 5.41 Å². The third-order valence-electron chi connectivity index (χ3n) is 7.09. The molecule has 0 heterocycles. The molecule has 0 saturated heterocycles. The molecule has 1 saturated carbocycles. The fourth-order valence-electron chi connectivity index (χ4n) is 6.19. The molecule has 0 aliphatic heterocycles. The molecule has 1 fully saturated rings. The van der Waals surface area contributed by atoms with Gasteiger partial charge in [-0.15, -0.1) is 0 Å². The van der Waals surface area contributed by atoms with E-state index in [2.05, 4.69) is 36.4 Å². The van der Waals surface area contributed by atoms with Gasteiger partial charge in [-0.1, -0.05) is 25.0 Å². The molecule has 2 atom stereocenters. The summed E-state index contributed by atoms with van der Waals surface area (Å²) in [5, 5.41) is 0. The number of benzene rings is 2. The Bertz CT molecular complexity index is 753. The lowest BCUT2D eigenvalue weighted by Gasteiger charge is -2.38. The average Bonchev–Trinajstić information content (AvgIpc) is 3.09. The third kappa shape index (κ3) is 1.97. The fraction of sp³-hybridized carbons (Fsp3) is 0.478. The minimum atomic E-state index is 0.222. The second kappa shape index (κ2) is 5.52. The maximum atomic E-state index is 5.51. The first-order valence-electron chi connectivity index (χ1n) is 9.62. The van der Waals surface area contributed by atoms with E-state index in [0.29, 0.717) is 0 Å². The van der Waals surface area contributed by atoms with Gasteiger partial charge in [0.15, 0.2) is 0 Å². The molecule has 3 aliphatic carbocycles. The summed E-state index contributed by atoms with van der Waals surface area (Å²) in [6, 6.07) is 13.6. The van der Waals surface area contributed by atoms with Crippen LogP contribution in [0, 0.1) is 11.8 Å². The van der Waals surface area contributed by atoms with Gasteiger partial charge in [0.05, 0.1) is 14.2 Å². The minimum Gasteiger partial charge on any atom is -0.497 e. The zero-order chi connectivity index (χ0) is 17.0. The number of hydrogen-bond donors (Lipinski definition) is 0. The molecule has 2 aromatic carbocycles. The first-order valence-corrected chi connectivity index (χ1v) is 9.62. The summed E-state index contributed by atoms with van der Waals surface area (Å²) in [7, 11) is 3.54. The van der Waals surface area contributed by atoms with Crippen molar-refractivity contribution in [2.45, 2.75) is 43.9 Å². The summed E-state index contributed by atoms with van der Waals surface area (Å²) in [4.78, 5) is 0. The highest BCUT2D eigenvalue weighted by atomic mass is 16.5. The van der Waals surface area contributed by atoms with Crippen molar-refractivity contribution in [1.29, 1.82) is 0 Å². The van der Waals surface area contributed by atoms with Crippen LogP contribution in [0.3, 0.4) is 0 Å². The summed E-state index contributed by atoms with van der Waals surface area (Å²) < 4.78 is 11.0. The Kier molecular flexibility index (Phi) is 3.38. The smallest absolute Gasteiger partial charge is 0.119 e. The van der Waals surface area contributed by atoms with Gasteiger partial charge in [-0.2, -0.15) is 0 Å². The Hall–Kier alpha value is -1.96. The van der Waals surface area contributed by atoms with Crippen molar-refractivity contribution in [3.63, 3.8) is 0 Å². The van der Waals surface area contributed by atoms with Crippen LogP contribution in [0.4, 0.5) is 0 Å². The van der Waals surface area contributed by atoms with Crippen LogP contribution in [0.25, 0.3) is 0 Å². The van der Waals surface area contributed by atoms with Crippen LogP contribution in [0.1, 0.15) is 47.9 Å². The van der Waals surface area contributed by atoms with Crippen molar-refractivity contribution in [3.05, 3.63) is 58.7 Å². The van der Waals surface area contributed by atoms with Gasteiger partial charge in [0.25, 0.3) is 0 Å². The quantitative estimate of drug-likeness (QED) is 0.777. The number of methoxy groups -OCH3 is 2. The normalized spacial score (nSPS) is 29.2. The molecule has 2 heteroatoms. The highest BCUT2D eigenvalue weighted by Crippen LogP contribution is 2.62.